The van der Waals surface area contributed by atoms with Crippen LogP contribution in [-0.2, 0) is 6.54 Å². The highest BCUT2D eigenvalue weighted by molar-refractivity contribution is 6.39. The summed E-state index contributed by atoms with van der Waals surface area (Å²) in [6.45, 7) is 0.324. The van der Waals surface area contributed by atoms with E-state index in [1.807, 2.05) is 18.2 Å². The lowest BCUT2D eigenvalue weighted by Gasteiger charge is -2.06. The lowest BCUT2D eigenvalue weighted by atomic mass is 10.2. The Kier molecular flexibility index (Phi) is 4.30. The van der Waals surface area contributed by atoms with Crippen molar-refractivity contribution < 1.29 is 4.79 Å². The summed E-state index contributed by atoms with van der Waals surface area (Å²) in [5.74, 6) is -0.294. The van der Waals surface area contributed by atoms with Gasteiger partial charge in [-0.1, -0.05) is 53.0 Å². The Morgan fingerprint density at radius 2 is 1.86 bits per heavy atom. The Balaban J connectivity index is 1.83. The van der Waals surface area contributed by atoms with Crippen LogP contribution >= 0.6 is 34.8 Å². The van der Waals surface area contributed by atoms with Crippen molar-refractivity contribution in [1.29, 1.82) is 0 Å². The molecule has 0 unspecified atom stereocenters. The lowest BCUT2D eigenvalue weighted by Crippen LogP contribution is -2.23. The summed E-state index contributed by atoms with van der Waals surface area (Å²) >= 11 is 18.3. The van der Waals surface area contributed by atoms with Crippen molar-refractivity contribution in [3.05, 3.63) is 68.8 Å². The molecule has 1 aromatic heterocycles. The van der Waals surface area contributed by atoms with Crippen LogP contribution in [-0.4, -0.2) is 10.9 Å². The average molecular weight is 354 g/mol. The van der Waals surface area contributed by atoms with Gasteiger partial charge < -0.3 is 10.3 Å². The number of halogens is 3. The van der Waals surface area contributed by atoms with Gasteiger partial charge >= 0.3 is 0 Å². The van der Waals surface area contributed by atoms with Crippen molar-refractivity contribution in [3.63, 3.8) is 0 Å². The van der Waals surface area contributed by atoms with Gasteiger partial charge in [0.25, 0.3) is 5.91 Å². The molecule has 3 aromatic rings. The molecule has 3 nitrogen and oxygen atoms in total. The van der Waals surface area contributed by atoms with E-state index in [1.54, 1.807) is 24.3 Å². The van der Waals surface area contributed by atoms with Gasteiger partial charge in [0.15, 0.2) is 0 Å². The number of amides is 1. The Morgan fingerprint density at radius 3 is 2.64 bits per heavy atom. The Hall–Kier alpha value is -1.68. The van der Waals surface area contributed by atoms with Crippen LogP contribution in [0.3, 0.4) is 0 Å². The minimum Gasteiger partial charge on any atom is -0.349 e. The standard InChI is InChI=1S/C16H11Cl3N2O/c17-10-5-6-13-11(7-10)14(19)15(21-13)16(22)20-8-9-3-1-2-4-12(9)18/h1-7,21H,8H2,(H,20,22). The zero-order valence-electron chi connectivity index (χ0n) is 11.3. The van der Waals surface area contributed by atoms with Crippen LogP contribution in [0.4, 0.5) is 0 Å². The normalized spacial score (nSPS) is 10.9. The van der Waals surface area contributed by atoms with Crippen molar-refractivity contribution in [1.82, 2.24) is 10.3 Å². The summed E-state index contributed by atoms with van der Waals surface area (Å²) in [6, 6.07) is 12.6. The number of carbonyl (C=O) groups excluding carboxylic acids is 1. The fraction of sp³-hybridized carbons (Fsp3) is 0.0625. The Morgan fingerprint density at radius 1 is 1.09 bits per heavy atom. The maximum absolute atomic E-state index is 12.3. The Labute approximate surface area is 142 Å². The third-order valence-electron chi connectivity index (χ3n) is 3.32. The van der Waals surface area contributed by atoms with Gasteiger partial charge in [0, 0.05) is 27.5 Å². The third kappa shape index (κ3) is 2.93. The quantitative estimate of drug-likeness (QED) is 0.679. The summed E-state index contributed by atoms with van der Waals surface area (Å²) in [5.41, 5.74) is 1.91. The topological polar surface area (TPSA) is 44.9 Å². The highest BCUT2D eigenvalue weighted by Crippen LogP contribution is 2.29. The van der Waals surface area contributed by atoms with E-state index in [1.165, 1.54) is 0 Å². The molecule has 0 spiro atoms. The minimum absolute atomic E-state index is 0.294. The number of carbonyl (C=O) groups is 1. The largest absolute Gasteiger partial charge is 0.349 e. The van der Waals surface area contributed by atoms with E-state index in [9.17, 15) is 4.79 Å². The molecule has 0 aliphatic rings. The van der Waals surface area contributed by atoms with E-state index in [0.29, 0.717) is 27.3 Å². The Bertz CT molecular complexity index is 858. The third-order valence-corrected chi connectivity index (χ3v) is 4.32. The highest BCUT2D eigenvalue weighted by Gasteiger charge is 2.16. The molecule has 0 saturated heterocycles. The first-order chi connectivity index (χ1) is 10.6. The number of H-pyrrole nitrogens is 1. The van der Waals surface area contributed by atoms with Gasteiger partial charge in [0.2, 0.25) is 0 Å². The molecule has 0 aliphatic carbocycles. The second-order valence-corrected chi connectivity index (χ2v) is 6.00. The van der Waals surface area contributed by atoms with E-state index >= 15 is 0 Å². The molecule has 22 heavy (non-hydrogen) atoms. The highest BCUT2D eigenvalue weighted by atomic mass is 35.5. The molecule has 0 saturated carbocycles. The molecule has 1 amide bonds. The molecule has 0 atom stereocenters. The lowest BCUT2D eigenvalue weighted by molar-refractivity contribution is 0.0947. The van der Waals surface area contributed by atoms with Gasteiger partial charge in [-0.05, 0) is 29.8 Å². The minimum atomic E-state index is -0.294. The van der Waals surface area contributed by atoms with Crippen LogP contribution < -0.4 is 5.32 Å². The van der Waals surface area contributed by atoms with Crippen LogP contribution in [0.2, 0.25) is 15.1 Å². The van der Waals surface area contributed by atoms with Crippen molar-refractivity contribution in [2.24, 2.45) is 0 Å². The molecule has 0 bridgehead atoms. The van der Waals surface area contributed by atoms with Gasteiger partial charge in [-0.25, -0.2) is 0 Å². The fourth-order valence-electron chi connectivity index (χ4n) is 2.19. The number of aromatic nitrogens is 1. The van der Waals surface area contributed by atoms with E-state index in [0.717, 1.165) is 16.5 Å². The predicted molar refractivity (Wildman–Crippen MR) is 90.9 cm³/mol. The molecule has 6 heteroatoms. The molecule has 1 heterocycles. The number of hydrogen-bond acceptors (Lipinski definition) is 1. The number of fused-ring (bicyclic) bond motifs is 1. The van der Waals surface area contributed by atoms with Crippen LogP contribution in [0.25, 0.3) is 10.9 Å². The number of nitrogens with one attached hydrogen (secondary N) is 2. The van der Waals surface area contributed by atoms with E-state index in [-0.39, 0.29) is 5.91 Å². The van der Waals surface area contributed by atoms with Gasteiger partial charge in [0.05, 0.1) is 5.02 Å². The number of rotatable bonds is 3. The summed E-state index contributed by atoms with van der Waals surface area (Å²) in [6.07, 6.45) is 0. The number of hydrogen-bond donors (Lipinski definition) is 2. The summed E-state index contributed by atoms with van der Waals surface area (Å²) in [4.78, 5) is 15.3. The van der Waals surface area contributed by atoms with Gasteiger partial charge in [-0.3, -0.25) is 4.79 Å². The first kappa shape index (κ1) is 15.2. The molecule has 2 N–H and O–H groups in total. The maximum atomic E-state index is 12.3. The molecule has 0 fully saturated rings. The first-order valence-corrected chi connectivity index (χ1v) is 7.68. The summed E-state index contributed by atoms with van der Waals surface area (Å²) in [7, 11) is 0. The zero-order chi connectivity index (χ0) is 15.7. The molecule has 2 aromatic carbocycles. The van der Waals surface area contributed by atoms with Crippen molar-refractivity contribution in [2.45, 2.75) is 6.54 Å². The van der Waals surface area contributed by atoms with E-state index in [2.05, 4.69) is 10.3 Å². The second kappa shape index (κ2) is 6.21. The second-order valence-electron chi connectivity index (χ2n) is 4.78. The van der Waals surface area contributed by atoms with Crippen molar-refractivity contribution in [3.8, 4) is 0 Å². The smallest absolute Gasteiger partial charge is 0.269 e. The van der Waals surface area contributed by atoms with Crippen molar-refractivity contribution >= 4 is 51.6 Å². The van der Waals surface area contributed by atoms with Gasteiger partial charge in [-0.2, -0.15) is 0 Å². The fourth-order valence-corrected chi connectivity index (χ4v) is 2.86. The zero-order valence-corrected chi connectivity index (χ0v) is 13.6. The average Bonchev–Trinajstić information content (AvgIpc) is 2.83. The van der Waals surface area contributed by atoms with Crippen LogP contribution in [0.5, 0.6) is 0 Å². The van der Waals surface area contributed by atoms with E-state index < -0.39 is 0 Å². The van der Waals surface area contributed by atoms with E-state index in [4.69, 9.17) is 34.8 Å². The molecule has 112 valence electrons. The number of benzene rings is 2. The number of aromatic amines is 1. The maximum Gasteiger partial charge on any atom is 0.269 e. The summed E-state index contributed by atoms with van der Waals surface area (Å²) < 4.78 is 0. The van der Waals surface area contributed by atoms with Crippen LogP contribution in [0.1, 0.15) is 16.1 Å². The van der Waals surface area contributed by atoms with Gasteiger partial charge in [0.1, 0.15) is 5.69 Å². The summed E-state index contributed by atoms with van der Waals surface area (Å²) in [5, 5.41) is 5.05. The van der Waals surface area contributed by atoms with Crippen molar-refractivity contribution in [2.75, 3.05) is 0 Å². The molecule has 0 aliphatic heterocycles. The SMILES string of the molecule is O=C(NCc1ccccc1Cl)c1[nH]c2ccc(Cl)cc2c1Cl. The van der Waals surface area contributed by atoms with Crippen LogP contribution in [0, 0.1) is 0 Å². The monoisotopic (exact) mass is 352 g/mol. The molecule has 3 rings (SSSR count). The first-order valence-electron chi connectivity index (χ1n) is 6.54. The predicted octanol–water partition coefficient (Wildman–Crippen LogP) is 5.06. The molecular weight excluding hydrogens is 343 g/mol. The van der Waals surface area contributed by atoms with Crippen LogP contribution in [0.15, 0.2) is 42.5 Å². The molecule has 0 radical (unpaired) electrons. The van der Waals surface area contributed by atoms with Gasteiger partial charge in [-0.15, -0.1) is 0 Å². The molecular formula is C16H11Cl3N2O.